The van der Waals surface area contributed by atoms with Crippen LogP contribution in [0.25, 0.3) is 0 Å². The first-order valence-corrected chi connectivity index (χ1v) is 11.7. The number of anilines is 1. The molecular weight excluding hydrogens is 432 g/mol. The minimum absolute atomic E-state index is 0.0180. The van der Waals surface area contributed by atoms with Crippen LogP contribution in [0.1, 0.15) is 25.3 Å². The van der Waals surface area contributed by atoms with E-state index in [1.54, 1.807) is 16.7 Å². The Morgan fingerprint density at radius 3 is 3.03 bits per heavy atom. The van der Waals surface area contributed by atoms with Crippen molar-refractivity contribution in [1.82, 2.24) is 15.5 Å². The molecule has 32 heavy (non-hydrogen) atoms. The molecule has 4 heterocycles. The van der Waals surface area contributed by atoms with Crippen molar-refractivity contribution in [1.29, 1.82) is 0 Å². The van der Waals surface area contributed by atoms with Crippen LogP contribution in [-0.2, 0) is 20.8 Å². The van der Waals surface area contributed by atoms with Crippen LogP contribution in [0.15, 0.2) is 22.7 Å². The molecule has 0 bridgehead atoms. The molecule has 1 aromatic carbocycles. The number of nitrogens with zero attached hydrogens (tertiary/aromatic N) is 1. The molecule has 2 saturated heterocycles. The quantitative estimate of drug-likeness (QED) is 0.311. The summed E-state index contributed by atoms with van der Waals surface area (Å²) in [5.41, 5.74) is 8.12. The third-order valence-corrected chi connectivity index (χ3v) is 8.19. The molecule has 2 fully saturated rings. The zero-order valence-corrected chi connectivity index (χ0v) is 18.6. The van der Waals surface area contributed by atoms with Crippen molar-refractivity contribution in [3.63, 3.8) is 0 Å². The van der Waals surface area contributed by atoms with Crippen LogP contribution in [0, 0.1) is 5.92 Å². The van der Waals surface area contributed by atoms with E-state index in [1.165, 1.54) is 0 Å². The van der Waals surface area contributed by atoms with E-state index in [1.807, 2.05) is 12.1 Å². The maximum absolute atomic E-state index is 12.7. The second kappa shape index (κ2) is 8.32. The number of hydrogen-bond donors (Lipinski definition) is 3. The summed E-state index contributed by atoms with van der Waals surface area (Å²) in [6, 6.07) is 3.56. The second-order valence-corrected chi connectivity index (χ2v) is 9.88. The number of nitrogens with one attached hydrogen (secondary N) is 2. The first kappa shape index (κ1) is 21.1. The SMILES string of the molecule is CC1C(SC2CNC(C(=O)NCCc3ccc4c(c3N)OCO4)C2)=C(C=O)N2C(=O)CC12. The summed E-state index contributed by atoms with van der Waals surface area (Å²) < 4.78 is 10.7. The van der Waals surface area contributed by atoms with Crippen molar-refractivity contribution >= 4 is 35.5 Å². The van der Waals surface area contributed by atoms with Crippen LogP contribution in [0.3, 0.4) is 0 Å². The van der Waals surface area contributed by atoms with Gasteiger partial charge in [-0.1, -0.05) is 13.0 Å². The Labute approximate surface area is 190 Å². The molecule has 5 rings (SSSR count). The molecule has 4 aliphatic heterocycles. The number of carbonyl (C=O) groups excluding carboxylic acids is 3. The molecule has 170 valence electrons. The van der Waals surface area contributed by atoms with Crippen molar-refractivity contribution in [2.75, 3.05) is 25.6 Å². The van der Waals surface area contributed by atoms with Crippen molar-refractivity contribution in [3.8, 4) is 11.5 Å². The zero-order valence-electron chi connectivity index (χ0n) is 17.8. The molecule has 0 aromatic heterocycles. The second-order valence-electron chi connectivity index (χ2n) is 8.54. The number of fused-ring (bicyclic) bond motifs is 2. The lowest BCUT2D eigenvalue weighted by atomic mass is 9.94. The average molecular weight is 459 g/mol. The summed E-state index contributed by atoms with van der Waals surface area (Å²) in [5.74, 6) is 1.35. The van der Waals surface area contributed by atoms with E-state index in [0.29, 0.717) is 55.2 Å². The molecule has 10 heteroatoms. The van der Waals surface area contributed by atoms with E-state index >= 15 is 0 Å². The van der Waals surface area contributed by atoms with Gasteiger partial charge in [0, 0.05) is 35.6 Å². The lowest BCUT2D eigenvalue weighted by molar-refractivity contribution is -0.143. The Balaban J connectivity index is 1.13. The van der Waals surface area contributed by atoms with Gasteiger partial charge in [0.25, 0.3) is 0 Å². The topological polar surface area (TPSA) is 123 Å². The Kier molecular flexibility index (Phi) is 5.50. The van der Waals surface area contributed by atoms with Crippen molar-refractivity contribution in [2.24, 2.45) is 5.92 Å². The number of rotatable bonds is 7. The molecule has 0 aliphatic carbocycles. The minimum Gasteiger partial charge on any atom is -0.454 e. The van der Waals surface area contributed by atoms with Crippen LogP contribution in [0.4, 0.5) is 5.69 Å². The summed E-state index contributed by atoms with van der Waals surface area (Å²) in [6.07, 6.45) is 2.57. The third kappa shape index (κ3) is 3.51. The highest BCUT2D eigenvalue weighted by Gasteiger charge is 2.50. The van der Waals surface area contributed by atoms with E-state index in [0.717, 1.165) is 16.8 Å². The van der Waals surface area contributed by atoms with Gasteiger partial charge in [0.15, 0.2) is 17.8 Å². The van der Waals surface area contributed by atoms with Gasteiger partial charge in [0.1, 0.15) is 0 Å². The molecule has 4 aliphatic rings. The largest absolute Gasteiger partial charge is 0.454 e. The van der Waals surface area contributed by atoms with Gasteiger partial charge in [-0.3, -0.25) is 14.4 Å². The number of ether oxygens (including phenoxy) is 2. The average Bonchev–Trinajstić information content (AvgIpc) is 3.49. The van der Waals surface area contributed by atoms with Gasteiger partial charge in [-0.25, -0.2) is 0 Å². The molecule has 0 spiro atoms. The molecule has 4 N–H and O–H groups in total. The predicted molar refractivity (Wildman–Crippen MR) is 119 cm³/mol. The van der Waals surface area contributed by atoms with Crippen LogP contribution in [-0.4, -0.2) is 60.2 Å². The fourth-order valence-electron chi connectivity index (χ4n) is 4.83. The predicted octanol–water partition coefficient (Wildman–Crippen LogP) is 0.781. The summed E-state index contributed by atoms with van der Waals surface area (Å²) in [4.78, 5) is 38.7. The van der Waals surface area contributed by atoms with Gasteiger partial charge in [-0.15, -0.1) is 11.8 Å². The maximum atomic E-state index is 12.7. The summed E-state index contributed by atoms with van der Waals surface area (Å²) in [6.45, 7) is 3.39. The van der Waals surface area contributed by atoms with Crippen LogP contribution < -0.4 is 25.8 Å². The fraction of sp³-hybridized carbons (Fsp3) is 0.500. The molecule has 0 saturated carbocycles. The number of nitrogens with two attached hydrogens (primary N) is 1. The normalized spacial score (nSPS) is 28.0. The molecule has 2 amide bonds. The molecule has 4 atom stereocenters. The number of carbonyl (C=O) groups is 3. The van der Waals surface area contributed by atoms with E-state index < -0.39 is 0 Å². The number of hydrogen-bond acceptors (Lipinski definition) is 8. The zero-order chi connectivity index (χ0) is 22.4. The molecule has 0 radical (unpaired) electrons. The van der Waals surface area contributed by atoms with Gasteiger partial charge in [-0.05, 0) is 24.5 Å². The van der Waals surface area contributed by atoms with Crippen LogP contribution >= 0.6 is 11.8 Å². The fourth-order valence-corrected chi connectivity index (χ4v) is 6.30. The standard InChI is InChI=1S/C22H26N4O5S/c1-11-15-7-18(28)26(15)16(9-27)21(11)32-13-6-14(25-8-13)22(29)24-5-4-12-2-3-17-20(19(12)23)31-10-30-17/h2-3,9,11,13-15,25H,4-8,10,23H2,1H3,(H,24,29). The smallest absolute Gasteiger partial charge is 0.237 e. The number of amides is 2. The molecule has 9 nitrogen and oxygen atoms in total. The van der Waals surface area contributed by atoms with E-state index in [-0.39, 0.29) is 41.9 Å². The lowest BCUT2D eigenvalue weighted by Gasteiger charge is -2.37. The Bertz CT molecular complexity index is 1010. The highest BCUT2D eigenvalue weighted by atomic mass is 32.2. The van der Waals surface area contributed by atoms with Crippen molar-refractivity contribution in [2.45, 2.75) is 43.5 Å². The number of aldehydes is 1. The molecule has 1 aromatic rings. The van der Waals surface area contributed by atoms with Gasteiger partial charge in [0.05, 0.1) is 23.5 Å². The monoisotopic (exact) mass is 458 g/mol. The summed E-state index contributed by atoms with van der Waals surface area (Å²) >= 11 is 1.63. The number of thioether (sulfide) groups is 1. The first-order valence-electron chi connectivity index (χ1n) is 10.8. The maximum Gasteiger partial charge on any atom is 0.237 e. The van der Waals surface area contributed by atoms with Gasteiger partial charge >= 0.3 is 0 Å². The Morgan fingerprint density at radius 1 is 1.41 bits per heavy atom. The van der Waals surface area contributed by atoms with E-state index in [2.05, 4.69) is 17.6 Å². The van der Waals surface area contributed by atoms with Gasteiger partial charge in [-0.2, -0.15) is 0 Å². The number of nitrogen functional groups attached to an aromatic ring is 1. The molecule has 4 unspecified atom stereocenters. The minimum atomic E-state index is -0.280. The Hall–Kier alpha value is -2.72. The van der Waals surface area contributed by atoms with Crippen molar-refractivity contribution in [3.05, 3.63) is 28.3 Å². The third-order valence-electron chi connectivity index (χ3n) is 6.66. The highest BCUT2D eigenvalue weighted by Crippen LogP contribution is 2.48. The summed E-state index contributed by atoms with van der Waals surface area (Å²) in [5, 5.41) is 6.44. The van der Waals surface area contributed by atoms with Gasteiger partial charge in [0.2, 0.25) is 18.6 Å². The van der Waals surface area contributed by atoms with E-state index in [9.17, 15) is 14.4 Å². The van der Waals surface area contributed by atoms with Crippen LogP contribution in [0.5, 0.6) is 11.5 Å². The first-order chi connectivity index (χ1) is 15.5. The number of allylic oxidation sites excluding steroid dienone is 1. The lowest BCUT2D eigenvalue weighted by Crippen LogP contribution is -2.50. The molecular formula is C22H26N4O5S. The number of β-lactam (4-membered cyclic amide) rings is 1. The van der Waals surface area contributed by atoms with Crippen molar-refractivity contribution < 1.29 is 23.9 Å². The highest BCUT2D eigenvalue weighted by molar-refractivity contribution is 8.03. The van der Waals surface area contributed by atoms with E-state index in [4.69, 9.17) is 15.2 Å². The number of benzene rings is 1. The van der Waals surface area contributed by atoms with Crippen LogP contribution in [0.2, 0.25) is 0 Å². The van der Waals surface area contributed by atoms with Gasteiger partial charge < -0.3 is 30.7 Å². The summed E-state index contributed by atoms with van der Waals surface area (Å²) in [7, 11) is 0. The Morgan fingerprint density at radius 2 is 2.25 bits per heavy atom.